The van der Waals surface area contributed by atoms with E-state index in [1.54, 1.807) is 25.3 Å². The largest absolute Gasteiger partial charge is 0.491 e. The zero-order valence-electron chi connectivity index (χ0n) is 18.7. The second-order valence-electron chi connectivity index (χ2n) is 7.73. The van der Waals surface area contributed by atoms with E-state index in [1.807, 2.05) is 0 Å². The molecule has 182 valence electrons. The number of nitrogens with zero attached hydrogens (tertiary/aromatic N) is 2. The molecular formula is C25H22F3N3O4. The van der Waals surface area contributed by atoms with Crippen molar-refractivity contribution in [1.82, 2.24) is 14.7 Å². The summed E-state index contributed by atoms with van der Waals surface area (Å²) in [7, 11) is 0. The molecule has 1 unspecified atom stereocenters. The summed E-state index contributed by atoms with van der Waals surface area (Å²) in [6, 6.07) is 12.1. The molecule has 2 aromatic carbocycles. The lowest BCUT2D eigenvalue weighted by Gasteiger charge is -2.13. The van der Waals surface area contributed by atoms with E-state index in [0.717, 1.165) is 12.1 Å². The molecule has 0 aliphatic rings. The Bertz CT molecular complexity index is 1320. The Hall–Kier alpha value is -4.05. The van der Waals surface area contributed by atoms with Gasteiger partial charge in [0, 0.05) is 12.7 Å². The van der Waals surface area contributed by atoms with Crippen LogP contribution in [0.3, 0.4) is 0 Å². The number of halogens is 3. The molecule has 0 spiro atoms. The number of aromatic nitrogens is 2. The van der Waals surface area contributed by atoms with Gasteiger partial charge in [-0.25, -0.2) is 18.2 Å². The number of pyridine rings is 1. The monoisotopic (exact) mass is 485 g/mol. The van der Waals surface area contributed by atoms with Gasteiger partial charge in [-0.2, -0.15) is 0 Å². The fraction of sp³-hybridized carbons (Fsp3) is 0.200. The Kier molecular flexibility index (Phi) is 7.21. The van der Waals surface area contributed by atoms with Crippen LogP contribution in [0.5, 0.6) is 11.5 Å². The Morgan fingerprint density at radius 3 is 2.49 bits per heavy atom. The van der Waals surface area contributed by atoms with Crippen LogP contribution in [0, 0.1) is 24.4 Å². The van der Waals surface area contributed by atoms with Gasteiger partial charge in [-0.05, 0) is 55.5 Å². The second-order valence-corrected chi connectivity index (χ2v) is 7.73. The number of hydrogen-bond acceptors (Lipinski definition) is 5. The van der Waals surface area contributed by atoms with Crippen molar-refractivity contribution < 1.29 is 32.5 Å². The Balaban J connectivity index is 1.42. The molecule has 10 heteroatoms. The summed E-state index contributed by atoms with van der Waals surface area (Å²) in [5.41, 5.74) is 0.696. The number of benzene rings is 2. The van der Waals surface area contributed by atoms with E-state index >= 15 is 0 Å². The second kappa shape index (κ2) is 10.5. The predicted molar refractivity (Wildman–Crippen MR) is 121 cm³/mol. The summed E-state index contributed by atoms with van der Waals surface area (Å²) in [5.74, 6) is -1.71. The molecule has 0 bridgehead atoms. The molecule has 4 aromatic rings. The number of fused-ring (bicyclic) bond motifs is 1. The highest BCUT2D eigenvalue weighted by Crippen LogP contribution is 2.24. The van der Waals surface area contributed by atoms with Gasteiger partial charge in [0.05, 0.1) is 11.3 Å². The maximum absolute atomic E-state index is 13.9. The van der Waals surface area contributed by atoms with E-state index in [-0.39, 0.29) is 36.8 Å². The molecular weight excluding hydrogens is 463 g/mol. The van der Waals surface area contributed by atoms with Gasteiger partial charge >= 0.3 is 0 Å². The maximum atomic E-state index is 13.9. The molecule has 4 rings (SSSR count). The minimum Gasteiger partial charge on any atom is -0.491 e. The average molecular weight is 485 g/mol. The van der Waals surface area contributed by atoms with Gasteiger partial charge < -0.3 is 19.9 Å². The van der Waals surface area contributed by atoms with Gasteiger partial charge in [-0.1, -0.05) is 6.07 Å². The van der Waals surface area contributed by atoms with Crippen LogP contribution in [0.15, 0.2) is 60.8 Å². The summed E-state index contributed by atoms with van der Waals surface area (Å²) in [6.45, 7) is 1.07. The van der Waals surface area contributed by atoms with Crippen LogP contribution in [0.25, 0.3) is 5.65 Å². The third-order valence-corrected chi connectivity index (χ3v) is 5.19. The van der Waals surface area contributed by atoms with Crippen LogP contribution in [0.4, 0.5) is 13.2 Å². The first kappa shape index (κ1) is 24.1. The highest BCUT2D eigenvalue weighted by atomic mass is 19.1. The van der Waals surface area contributed by atoms with Crippen molar-refractivity contribution in [3.05, 3.63) is 95.2 Å². The number of aliphatic hydroxyl groups is 1. The molecule has 35 heavy (non-hydrogen) atoms. The number of aryl methyl sites for hydroxylation is 1. The van der Waals surface area contributed by atoms with Gasteiger partial charge in [-0.15, -0.1) is 0 Å². The number of amides is 1. The molecule has 0 aliphatic carbocycles. The van der Waals surface area contributed by atoms with Crippen LogP contribution >= 0.6 is 0 Å². The number of rotatable bonds is 9. The van der Waals surface area contributed by atoms with E-state index in [2.05, 4.69) is 10.3 Å². The van der Waals surface area contributed by atoms with Crippen molar-refractivity contribution in [1.29, 1.82) is 0 Å². The summed E-state index contributed by atoms with van der Waals surface area (Å²) >= 11 is 0. The van der Waals surface area contributed by atoms with Gasteiger partial charge in [0.2, 0.25) is 0 Å². The summed E-state index contributed by atoms with van der Waals surface area (Å²) in [6.07, 6.45) is 0.590. The highest BCUT2D eigenvalue weighted by Gasteiger charge is 2.20. The number of imidazole rings is 1. The number of ether oxygens (including phenoxy) is 2. The first-order valence-corrected chi connectivity index (χ1v) is 10.7. The van der Waals surface area contributed by atoms with Crippen molar-refractivity contribution in [2.75, 3.05) is 13.2 Å². The lowest BCUT2D eigenvalue weighted by Crippen LogP contribution is -2.36. The van der Waals surface area contributed by atoms with E-state index in [0.29, 0.717) is 17.1 Å². The first-order chi connectivity index (χ1) is 16.8. The molecule has 2 aromatic heterocycles. The summed E-state index contributed by atoms with van der Waals surface area (Å²) in [5, 5.41) is 12.8. The Morgan fingerprint density at radius 2 is 1.77 bits per heavy atom. The van der Waals surface area contributed by atoms with Crippen LogP contribution < -0.4 is 14.8 Å². The highest BCUT2D eigenvalue weighted by molar-refractivity contribution is 5.95. The fourth-order valence-electron chi connectivity index (χ4n) is 3.44. The minimum atomic E-state index is -1.02. The quantitative estimate of drug-likeness (QED) is 0.377. The van der Waals surface area contributed by atoms with E-state index in [9.17, 15) is 23.1 Å². The van der Waals surface area contributed by atoms with Crippen molar-refractivity contribution in [3.63, 3.8) is 0 Å². The normalized spacial score (nSPS) is 11.9. The molecule has 1 atom stereocenters. The lowest BCUT2D eigenvalue weighted by molar-refractivity contribution is 0.0838. The first-order valence-electron chi connectivity index (χ1n) is 10.7. The van der Waals surface area contributed by atoms with Gasteiger partial charge in [-0.3, -0.25) is 9.20 Å². The fourth-order valence-corrected chi connectivity index (χ4v) is 3.44. The van der Waals surface area contributed by atoms with E-state index in [1.165, 1.54) is 34.7 Å². The van der Waals surface area contributed by atoms with Crippen molar-refractivity contribution in [2.45, 2.75) is 19.6 Å². The molecule has 0 radical (unpaired) electrons. The van der Waals surface area contributed by atoms with Crippen molar-refractivity contribution in [2.24, 2.45) is 0 Å². The summed E-state index contributed by atoms with van der Waals surface area (Å²) in [4.78, 5) is 17.2. The van der Waals surface area contributed by atoms with Crippen LogP contribution in [-0.4, -0.2) is 39.7 Å². The van der Waals surface area contributed by atoms with Gasteiger partial charge in [0.15, 0.2) is 11.4 Å². The molecule has 0 aliphatic heterocycles. The third-order valence-electron chi connectivity index (χ3n) is 5.19. The van der Waals surface area contributed by atoms with Crippen LogP contribution in [0.2, 0.25) is 0 Å². The number of carbonyl (C=O) groups excluding carboxylic acids is 1. The molecule has 0 saturated carbocycles. The molecule has 7 nitrogen and oxygen atoms in total. The van der Waals surface area contributed by atoms with Gasteiger partial charge in [0.25, 0.3) is 5.91 Å². The topological polar surface area (TPSA) is 85.1 Å². The Labute approximate surface area is 198 Å². The lowest BCUT2D eigenvalue weighted by atomic mass is 10.2. The number of aliphatic hydroxyl groups excluding tert-OH is 1. The van der Waals surface area contributed by atoms with Crippen molar-refractivity contribution >= 4 is 11.6 Å². The SMILES string of the molecule is Cc1nc2c(OCc3c(F)cccc3F)cccn2c1C(=O)NCC(O)COc1ccc(F)cc1. The van der Waals surface area contributed by atoms with Crippen LogP contribution in [-0.2, 0) is 6.61 Å². The zero-order chi connectivity index (χ0) is 24.9. The molecule has 0 saturated heterocycles. The molecule has 2 heterocycles. The zero-order valence-corrected chi connectivity index (χ0v) is 18.7. The molecule has 0 fully saturated rings. The van der Waals surface area contributed by atoms with Crippen molar-refractivity contribution in [3.8, 4) is 11.5 Å². The minimum absolute atomic E-state index is 0.102. The summed E-state index contributed by atoms with van der Waals surface area (Å²) < 4.78 is 53.3. The number of hydrogen-bond donors (Lipinski definition) is 2. The van der Waals surface area contributed by atoms with E-state index < -0.39 is 29.5 Å². The maximum Gasteiger partial charge on any atom is 0.270 e. The predicted octanol–water partition coefficient (Wildman–Crippen LogP) is 3.81. The third kappa shape index (κ3) is 5.55. The molecule has 1 amide bonds. The number of nitrogens with one attached hydrogen (secondary N) is 1. The Morgan fingerprint density at radius 1 is 1.06 bits per heavy atom. The van der Waals surface area contributed by atoms with Gasteiger partial charge in [0.1, 0.15) is 48.2 Å². The average Bonchev–Trinajstić information content (AvgIpc) is 3.18. The standard InChI is InChI=1S/C25H22F3N3O4/c1-15-23(25(33)29-12-17(32)13-34-18-9-7-16(26)8-10-18)31-11-3-6-22(24(31)30-15)35-14-19-20(27)4-2-5-21(19)28/h2-11,17,32H,12-14H2,1H3,(H,29,33). The smallest absolute Gasteiger partial charge is 0.270 e. The van der Waals surface area contributed by atoms with E-state index in [4.69, 9.17) is 9.47 Å². The van der Waals surface area contributed by atoms with Crippen LogP contribution in [0.1, 0.15) is 21.7 Å². The number of carbonyl (C=O) groups is 1. The molecule has 2 N–H and O–H groups in total.